The van der Waals surface area contributed by atoms with Crippen LogP contribution in [-0.4, -0.2) is 36.2 Å². The van der Waals surface area contributed by atoms with Crippen LogP contribution in [0.1, 0.15) is 54.9 Å². The summed E-state index contributed by atoms with van der Waals surface area (Å²) in [6, 6.07) is 13.9. The zero-order valence-electron chi connectivity index (χ0n) is 17.2. The van der Waals surface area contributed by atoms with Gasteiger partial charge in [-0.25, -0.2) is 4.39 Å². The predicted molar refractivity (Wildman–Crippen MR) is 114 cm³/mol. The molecule has 0 bridgehead atoms. The second kappa shape index (κ2) is 9.79. The van der Waals surface area contributed by atoms with E-state index < -0.39 is 0 Å². The zero-order chi connectivity index (χ0) is 20.8. The minimum atomic E-state index is -0.320. The molecule has 0 aromatic heterocycles. The van der Waals surface area contributed by atoms with E-state index in [1.165, 1.54) is 17.7 Å². The van der Waals surface area contributed by atoms with Crippen molar-refractivity contribution in [2.75, 3.05) is 25.0 Å². The quantitative estimate of drug-likeness (QED) is 0.679. The number of carbonyl (C=O) groups is 2. The first-order valence-electron chi connectivity index (χ1n) is 10.3. The van der Waals surface area contributed by atoms with E-state index in [0.717, 1.165) is 38.2 Å². The fourth-order valence-electron chi connectivity index (χ4n) is 3.65. The molecule has 154 valence electrons. The lowest BCUT2D eigenvalue weighted by atomic mass is 9.89. The van der Waals surface area contributed by atoms with Gasteiger partial charge in [0.2, 0.25) is 5.91 Å². The molecular weight excluding hydrogens is 367 g/mol. The maximum atomic E-state index is 13.0. The lowest BCUT2D eigenvalue weighted by Crippen LogP contribution is -2.34. The molecule has 2 aromatic rings. The van der Waals surface area contributed by atoms with Gasteiger partial charge in [-0.3, -0.25) is 9.59 Å². The first-order chi connectivity index (χ1) is 13.9. The molecule has 1 amide bonds. The Hall–Kier alpha value is -2.53. The molecule has 0 unspecified atom stereocenters. The average Bonchev–Trinajstić information content (AvgIpc) is 2.73. The highest BCUT2D eigenvalue weighted by Crippen LogP contribution is 2.29. The van der Waals surface area contributed by atoms with Crippen LogP contribution in [0, 0.1) is 11.7 Å². The number of nitrogens with one attached hydrogen (secondary N) is 1. The Bertz CT molecular complexity index is 823. The molecule has 1 saturated heterocycles. The van der Waals surface area contributed by atoms with Gasteiger partial charge in [0.25, 0.3) is 0 Å². The number of benzene rings is 2. The third-order valence-electron chi connectivity index (χ3n) is 5.58. The van der Waals surface area contributed by atoms with Gasteiger partial charge in [0.05, 0.1) is 0 Å². The monoisotopic (exact) mass is 396 g/mol. The largest absolute Gasteiger partial charge is 0.326 e. The van der Waals surface area contributed by atoms with Crippen molar-refractivity contribution in [2.24, 2.45) is 5.92 Å². The molecule has 1 heterocycles. The van der Waals surface area contributed by atoms with Gasteiger partial charge in [0.1, 0.15) is 5.82 Å². The average molecular weight is 397 g/mol. The number of anilines is 1. The van der Waals surface area contributed by atoms with Crippen LogP contribution in [0.15, 0.2) is 48.5 Å². The smallest absolute Gasteiger partial charge is 0.226 e. The molecule has 1 aliphatic heterocycles. The van der Waals surface area contributed by atoms with Crippen LogP contribution in [0.5, 0.6) is 0 Å². The van der Waals surface area contributed by atoms with Crippen LogP contribution in [-0.2, 0) is 4.79 Å². The molecule has 3 rings (SSSR count). The van der Waals surface area contributed by atoms with Gasteiger partial charge in [-0.05, 0) is 73.8 Å². The molecule has 0 saturated carbocycles. The number of carbonyl (C=O) groups excluding carboxylic acids is 2. The Morgan fingerprint density at radius 3 is 2.24 bits per heavy atom. The fraction of sp³-hybridized carbons (Fsp3) is 0.417. The number of rotatable bonds is 7. The third-order valence-corrected chi connectivity index (χ3v) is 5.58. The molecule has 1 fully saturated rings. The number of ketones is 1. The second-order valence-corrected chi connectivity index (χ2v) is 8.06. The van der Waals surface area contributed by atoms with Crippen LogP contribution in [0.25, 0.3) is 0 Å². The molecule has 5 heteroatoms. The fourth-order valence-corrected chi connectivity index (χ4v) is 3.65. The van der Waals surface area contributed by atoms with Crippen molar-refractivity contribution >= 4 is 17.4 Å². The summed E-state index contributed by atoms with van der Waals surface area (Å²) < 4.78 is 13.0. The number of Topliss-reactive ketones (excluding diaryl/α,β-unsaturated/α-hetero) is 1. The Morgan fingerprint density at radius 2 is 1.66 bits per heavy atom. The molecule has 29 heavy (non-hydrogen) atoms. The maximum Gasteiger partial charge on any atom is 0.226 e. The van der Waals surface area contributed by atoms with Crippen LogP contribution in [0.2, 0.25) is 0 Å². The van der Waals surface area contributed by atoms with E-state index in [-0.39, 0.29) is 23.4 Å². The second-order valence-electron chi connectivity index (χ2n) is 8.06. The van der Waals surface area contributed by atoms with E-state index in [1.807, 2.05) is 26.0 Å². The van der Waals surface area contributed by atoms with E-state index in [9.17, 15) is 14.0 Å². The van der Waals surface area contributed by atoms with Gasteiger partial charge in [0, 0.05) is 30.1 Å². The van der Waals surface area contributed by atoms with E-state index in [4.69, 9.17) is 0 Å². The molecular formula is C24H29FN2O2. The summed E-state index contributed by atoms with van der Waals surface area (Å²) in [5.74, 6) is 0.245. The first-order valence-corrected chi connectivity index (χ1v) is 10.3. The van der Waals surface area contributed by atoms with Gasteiger partial charge in [-0.1, -0.05) is 26.0 Å². The number of amides is 1. The van der Waals surface area contributed by atoms with Crippen LogP contribution in [0.3, 0.4) is 0 Å². The summed E-state index contributed by atoms with van der Waals surface area (Å²) in [6.45, 7) is 6.43. The number of piperidine rings is 1. The number of hydrogen-bond donors (Lipinski definition) is 1. The van der Waals surface area contributed by atoms with Gasteiger partial charge in [-0.2, -0.15) is 0 Å². The highest BCUT2D eigenvalue weighted by molar-refractivity contribution is 5.96. The van der Waals surface area contributed by atoms with Crippen molar-refractivity contribution in [1.82, 2.24) is 4.90 Å². The topological polar surface area (TPSA) is 49.4 Å². The van der Waals surface area contributed by atoms with Gasteiger partial charge < -0.3 is 10.2 Å². The van der Waals surface area contributed by atoms with E-state index in [0.29, 0.717) is 17.9 Å². The SMILES string of the molecule is CC(C)C(=O)Nc1ccc(C2CCN(CCC(=O)c3ccc(F)cc3)CC2)cc1. The summed E-state index contributed by atoms with van der Waals surface area (Å²) in [4.78, 5) is 26.4. The Kier molecular flexibility index (Phi) is 7.15. The molecule has 0 spiro atoms. The number of halogens is 1. The summed E-state index contributed by atoms with van der Waals surface area (Å²) in [5.41, 5.74) is 2.71. The Balaban J connectivity index is 1.44. The van der Waals surface area contributed by atoms with Crippen molar-refractivity contribution in [2.45, 2.75) is 39.0 Å². The molecule has 0 aliphatic carbocycles. The van der Waals surface area contributed by atoms with E-state index in [1.54, 1.807) is 12.1 Å². The van der Waals surface area contributed by atoms with Crippen molar-refractivity contribution in [1.29, 1.82) is 0 Å². The third kappa shape index (κ3) is 5.97. The maximum absolute atomic E-state index is 13.0. The summed E-state index contributed by atoms with van der Waals surface area (Å²) in [5, 5.41) is 2.92. The van der Waals surface area contributed by atoms with Crippen LogP contribution in [0.4, 0.5) is 10.1 Å². The van der Waals surface area contributed by atoms with Gasteiger partial charge >= 0.3 is 0 Å². The summed E-state index contributed by atoms with van der Waals surface area (Å²) >= 11 is 0. The highest BCUT2D eigenvalue weighted by atomic mass is 19.1. The molecule has 0 radical (unpaired) electrons. The van der Waals surface area contributed by atoms with Crippen molar-refractivity contribution in [3.63, 3.8) is 0 Å². The van der Waals surface area contributed by atoms with E-state index in [2.05, 4.69) is 22.3 Å². The molecule has 2 aromatic carbocycles. The lowest BCUT2D eigenvalue weighted by molar-refractivity contribution is -0.118. The van der Waals surface area contributed by atoms with Crippen LogP contribution < -0.4 is 5.32 Å². The summed E-state index contributed by atoms with van der Waals surface area (Å²) in [7, 11) is 0. The summed E-state index contributed by atoms with van der Waals surface area (Å²) in [6.07, 6.45) is 2.57. The number of nitrogens with zero attached hydrogens (tertiary/aromatic N) is 1. The highest BCUT2D eigenvalue weighted by Gasteiger charge is 2.21. The number of hydrogen-bond acceptors (Lipinski definition) is 3. The number of likely N-dealkylation sites (tertiary alicyclic amines) is 1. The Morgan fingerprint density at radius 1 is 1.03 bits per heavy atom. The predicted octanol–water partition coefficient (Wildman–Crippen LogP) is 4.87. The standard InChI is InChI=1S/C24H29FN2O2/c1-17(2)24(29)26-22-9-5-18(6-10-22)19-11-14-27(15-12-19)16-13-23(28)20-3-7-21(25)8-4-20/h3-10,17,19H,11-16H2,1-2H3,(H,26,29). The van der Waals surface area contributed by atoms with E-state index >= 15 is 0 Å². The first kappa shape index (κ1) is 21.2. The molecule has 0 atom stereocenters. The molecule has 1 N–H and O–H groups in total. The molecule has 4 nitrogen and oxygen atoms in total. The Labute approximate surface area is 172 Å². The lowest BCUT2D eigenvalue weighted by Gasteiger charge is -2.32. The normalized spacial score (nSPS) is 15.4. The van der Waals surface area contributed by atoms with Crippen molar-refractivity contribution in [3.8, 4) is 0 Å². The van der Waals surface area contributed by atoms with Gasteiger partial charge in [-0.15, -0.1) is 0 Å². The van der Waals surface area contributed by atoms with Gasteiger partial charge in [0.15, 0.2) is 5.78 Å². The van der Waals surface area contributed by atoms with Crippen molar-refractivity contribution < 1.29 is 14.0 Å². The zero-order valence-corrected chi connectivity index (χ0v) is 17.2. The minimum Gasteiger partial charge on any atom is -0.326 e. The molecule has 1 aliphatic rings. The minimum absolute atomic E-state index is 0.0289. The van der Waals surface area contributed by atoms with Crippen molar-refractivity contribution in [3.05, 3.63) is 65.5 Å². The van der Waals surface area contributed by atoms with Crippen LogP contribution >= 0.6 is 0 Å².